The van der Waals surface area contributed by atoms with Crippen molar-refractivity contribution >= 4 is 0 Å². The van der Waals surface area contributed by atoms with E-state index in [4.69, 9.17) is 0 Å². The maximum atomic E-state index is 11.1. The molecule has 4 unspecified atom stereocenters. The first-order valence-electron chi connectivity index (χ1n) is 7.91. The molecule has 0 spiro atoms. The smallest absolute Gasteiger partial charge is 0.0961 e. The lowest BCUT2D eigenvalue weighted by Gasteiger charge is -2.56. The molecule has 1 saturated carbocycles. The van der Waals surface area contributed by atoms with Crippen molar-refractivity contribution in [2.24, 2.45) is 11.8 Å². The van der Waals surface area contributed by atoms with Crippen molar-refractivity contribution in [2.75, 3.05) is 0 Å². The van der Waals surface area contributed by atoms with Crippen LogP contribution in [0, 0.1) is 11.8 Å². The summed E-state index contributed by atoms with van der Waals surface area (Å²) in [7, 11) is 0. The molecule has 0 aromatic rings. The van der Waals surface area contributed by atoms with Crippen LogP contribution in [0.3, 0.4) is 0 Å². The van der Waals surface area contributed by atoms with Gasteiger partial charge in [0, 0.05) is 0 Å². The Balaban J connectivity index is 2.77. The minimum absolute atomic E-state index is 0.238. The standard InChI is InChI=1S/C16H32O2/c1-5-8-9-10-14(6-2)15(17,7-3)16(18)12-11-13(16)4/h13-14,17-18H,5-12H2,1-4H3. The lowest BCUT2D eigenvalue weighted by Crippen LogP contribution is -2.66. The van der Waals surface area contributed by atoms with Crippen molar-refractivity contribution in [3.8, 4) is 0 Å². The van der Waals surface area contributed by atoms with E-state index in [2.05, 4.69) is 20.8 Å². The third-order valence-electron chi connectivity index (χ3n) is 5.39. The van der Waals surface area contributed by atoms with Crippen LogP contribution in [0.1, 0.15) is 79.1 Å². The predicted molar refractivity (Wildman–Crippen MR) is 76.5 cm³/mol. The maximum Gasteiger partial charge on any atom is 0.0961 e. The molecule has 2 nitrogen and oxygen atoms in total. The third-order valence-corrected chi connectivity index (χ3v) is 5.39. The Kier molecular flexibility index (Phi) is 5.67. The SMILES string of the molecule is CCCCCC(CC)C(O)(CC)C1(O)CCC1C. The van der Waals surface area contributed by atoms with Crippen LogP contribution in [0.5, 0.6) is 0 Å². The van der Waals surface area contributed by atoms with Gasteiger partial charge >= 0.3 is 0 Å². The molecule has 0 aromatic carbocycles. The van der Waals surface area contributed by atoms with Crippen molar-refractivity contribution in [2.45, 2.75) is 90.3 Å². The van der Waals surface area contributed by atoms with E-state index >= 15 is 0 Å². The summed E-state index contributed by atoms with van der Waals surface area (Å²) in [5.41, 5.74) is -1.72. The molecule has 0 amide bonds. The van der Waals surface area contributed by atoms with Gasteiger partial charge in [0.25, 0.3) is 0 Å². The summed E-state index contributed by atoms with van der Waals surface area (Å²) < 4.78 is 0. The maximum absolute atomic E-state index is 11.1. The Bertz CT molecular complexity index is 253. The van der Waals surface area contributed by atoms with E-state index in [-0.39, 0.29) is 11.8 Å². The summed E-state index contributed by atoms with van der Waals surface area (Å²) in [6, 6.07) is 0. The molecule has 108 valence electrons. The lowest BCUT2D eigenvalue weighted by molar-refractivity contribution is -0.246. The molecule has 1 rings (SSSR count). The molecule has 0 aromatic heterocycles. The van der Waals surface area contributed by atoms with E-state index in [1.54, 1.807) is 0 Å². The van der Waals surface area contributed by atoms with E-state index in [1.165, 1.54) is 19.3 Å². The highest BCUT2D eigenvalue weighted by Crippen LogP contribution is 2.51. The zero-order valence-electron chi connectivity index (χ0n) is 12.7. The average molecular weight is 256 g/mol. The lowest BCUT2D eigenvalue weighted by atomic mass is 9.56. The number of rotatable bonds is 8. The molecule has 18 heavy (non-hydrogen) atoms. The Morgan fingerprint density at radius 1 is 1.28 bits per heavy atom. The highest BCUT2D eigenvalue weighted by molar-refractivity contribution is 5.10. The van der Waals surface area contributed by atoms with Gasteiger partial charge in [-0.15, -0.1) is 0 Å². The Labute approximate surface area is 113 Å². The van der Waals surface area contributed by atoms with Crippen molar-refractivity contribution in [3.63, 3.8) is 0 Å². The van der Waals surface area contributed by atoms with Gasteiger partial charge in [0.05, 0.1) is 11.2 Å². The summed E-state index contributed by atoms with van der Waals surface area (Å²) >= 11 is 0. The van der Waals surface area contributed by atoms with Crippen molar-refractivity contribution in [3.05, 3.63) is 0 Å². The molecule has 0 aliphatic heterocycles. The van der Waals surface area contributed by atoms with Crippen LogP contribution in [0.15, 0.2) is 0 Å². The van der Waals surface area contributed by atoms with Crippen LogP contribution in [-0.4, -0.2) is 21.4 Å². The van der Waals surface area contributed by atoms with Crippen LogP contribution < -0.4 is 0 Å². The number of hydrogen-bond acceptors (Lipinski definition) is 2. The number of aliphatic hydroxyl groups is 2. The van der Waals surface area contributed by atoms with Gasteiger partial charge in [-0.3, -0.25) is 0 Å². The summed E-state index contributed by atoms with van der Waals surface area (Å²) in [5.74, 6) is 0.476. The van der Waals surface area contributed by atoms with Crippen LogP contribution in [-0.2, 0) is 0 Å². The minimum Gasteiger partial charge on any atom is -0.387 e. The summed E-state index contributed by atoms with van der Waals surface area (Å²) in [6.07, 6.45) is 8.09. The highest BCUT2D eigenvalue weighted by atomic mass is 16.4. The third kappa shape index (κ3) is 2.60. The zero-order valence-corrected chi connectivity index (χ0v) is 12.7. The molecule has 2 heteroatoms. The van der Waals surface area contributed by atoms with E-state index in [0.717, 1.165) is 25.7 Å². The molecule has 1 aliphatic rings. The van der Waals surface area contributed by atoms with Crippen molar-refractivity contribution in [1.82, 2.24) is 0 Å². The number of unbranched alkanes of at least 4 members (excludes halogenated alkanes) is 2. The molecule has 2 N–H and O–H groups in total. The topological polar surface area (TPSA) is 40.5 Å². The van der Waals surface area contributed by atoms with Gasteiger partial charge < -0.3 is 10.2 Å². The molecule has 1 fully saturated rings. The highest BCUT2D eigenvalue weighted by Gasteiger charge is 2.58. The molecule has 1 aliphatic carbocycles. The van der Waals surface area contributed by atoms with Crippen LogP contribution in [0.2, 0.25) is 0 Å². The first kappa shape index (κ1) is 16.0. The van der Waals surface area contributed by atoms with E-state index < -0.39 is 11.2 Å². The van der Waals surface area contributed by atoms with Gasteiger partial charge in [0.2, 0.25) is 0 Å². The zero-order chi connectivity index (χ0) is 13.8. The molecular weight excluding hydrogens is 224 g/mol. The van der Waals surface area contributed by atoms with Gasteiger partial charge in [-0.2, -0.15) is 0 Å². The van der Waals surface area contributed by atoms with Crippen molar-refractivity contribution < 1.29 is 10.2 Å². The molecule has 0 bridgehead atoms. The second-order valence-corrected chi connectivity index (χ2v) is 6.24. The van der Waals surface area contributed by atoms with Gasteiger partial charge in [0.1, 0.15) is 0 Å². The van der Waals surface area contributed by atoms with Gasteiger partial charge in [-0.25, -0.2) is 0 Å². The van der Waals surface area contributed by atoms with E-state index in [0.29, 0.717) is 6.42 Å². The largest absolute Gasteiger partial charge is 0.387 e. The Hall–Kier alpha value is -0.0800. The molecule has 0 heterocycles. The van der Waals surface area contributed by atoms with Gasteiger partial charge in [-0.1, -0.05) is 53.4 Å². The first-order chi connectivity index (χ1) is 8.46. The molecule has 4 atom stereocenters. The Morgan fingerprint density at radius 2 is 1.94 bits per heavy atom. The first-order valence-corrected chi connectivity index (χ1v) is 7.91. The van der Waals surface area contributed by atoms with Crippen molar-refractivity contribution in [1.29, 1.82) is 0 Å². The van der Waals surface area contributed by atoms with E-state index in [9.17, 15) is 10.2 Å². The summed E-state index contributed by atoms with van der Waals surface area (Å²) in [5, 5.41) is 21.9. The Morgan fingerprint density at radius 3 is 2.28 bits per heavy atom. The van der Waals surface area contributed by atoms with Gasteiger partial charge in [-0.05, 0) is 37.5 Å². The fraction of sp³-hybridized carbons (Fsp3) is 1.00. The average Bonchev–Trinajstić information content (AvgIpc) is 2.40. The second-order valence-electron chi connectivity index (χ2n) is 6.24. The molecule has 0 radical (unpaired) electrons. The minimum atomic E-state index is -0.882. The summed E-state index contributed by atoms with van der Waals surface area (Å²) in [4.78, 5) is 0. The second kappa shape index (κ2) is 6.38. The van der Waals surface area contributed by atoms with Gasteiger partial charge in [0.15, 0.2) is 0 Å². The molecule has 0 saturated heterocycles. The normalized spacial score (nSPS) is 32.7. The van der Waals surface area contributed by atoms with Crippen LogP contribution >= 0.6 is 0 Å². The van der Waals surface area contributed by atoms with Crippen LogP contribution in [0.4, 0.5) is 0 Å². The predicted octanol–water partition coefficient (Wildman–Crippen LogP) is 3.90. The molecular formula is C16H32O2. The number of hydrogen-bond donors (Lipinski definition) is 2. The van der Waals surface area contributed by atoms with E-state index in [1.807, 2.05) is 6.92 Å². The monoisotopic (exact) mass is 256 g/mol. The van der Waals surface area contributed by atoms with Crippen LogP contribution in [0.25, 0.3) is 0 Å². The fourth-order valence-electron chi connectivity index (χ4n) is 3.72. The summed E-state index contributed by atoms with van der Waals surface area (Å²) in [6.45, 7) is 8.44. The fourth-order valence-corrected chi connectivity index (χ4v) is 3.72. The quantitative estimate of drug-likeness (QED) is 0.647.